The quantitative estimate of drug-likeness (QED) is 0.921. The maximum absolute atomic E-state index is 5.93. The highest BCUT2D eigenvalue weighted by molar-refractivity contribution is 9.10. The van der Waals surface area contributed by atoms with Gasteiger partial charge in [-0.15, -0.1) is 11.3 Å². The van der Waals surface area contributed by atoms with Gasteiger partial charge in [0.2, 0.25) is 0 Å². The number of rotatable bonds is 4. The number of ether oxygens (including phenoxy) is 1. The van der Waals surface area contributed by atoms with Gasteiger partial charge in [-0.25, -0.2) is 0 Å². The maximum Gasteiger partial charge on any atom is 0.0599 e. The predicted molar refractivity (Wildman–Crippen MR) is 80.0 cm³/mol. The van der Waals surface area contributed by atoms with Gasteiger partial charge in [0.1, 0.15) is 0 Å². The third kappa shape index (κ3) is 3.14. The fourth-order valence-electron chi connectivity index (χ4n) is 2.70. The first kappa shape index (κ1) is 14.5. The second kappa shape index (κ2) is 6.48. The zero-order chi connectivity index (χ0) is 13.1. The van der Waals surface area contributed by atoms with E-state index in [2.05, 4.69) is 39.2 Å². The van der Waals surface area contributed by atoms with Gasteiger partial charge in [-0.2, -0.15) is 0 Å². The average molecular weight is 333 g/mol. The summed E-state index contributed by atoms with van der Waals surface area (Å²) < 4.78 is 6.65. The maximum atomic E-state index is 5.93. The number of likely N-dealkylation sites (tertiary alicyclic amines) is 1. The van der Waals surface area contributed by atoms with Crippen molar-refractivity contribution in [2.24, 2.45) is 5.73 Å². The van der Waals surface area contributed by atoms with Crippen molar-refractivity contribution >= 4 is 27.3 Å². The third-order valence-electron chi connectivity index (χ3n) is 3.82. The van der Waals surface area contributed by atoms with E-state index >= 15 is 0 Å². The van der Waals surface area contributed by atoms with E-state index in [1.807, 2.05) is 11.3 Å². The van der Waals surface area contributed by atoms with Crippen LogP contribution < -0.4 is 5.73 Å². The monoisotopic (exact) mass is 332 g/mol. The van der Waals surface area contributed by atoms with Gasteiger partial charge in [0, 0.05) is 47.0 Å². The molecule has 0 radical (unpaired) electrons. The minimum Gasteiger partial charge on any atom is -0.381 e. The summed E-state index contributed by atoms with van der Waals surface area (Å²) in [6.45, 7) is 4.04. The normalized spacial score (nSPS) is 27.3. The van der Waals surface area contributed by atoms with Crippen molar-refractivity contribution in [3.05, 3.63) is 20.8 Å². The second-order valence-corrected chi connectivity index (χ2v) is 6.71. The molecule has 102 valence electrons. The van der Waals surface area contributed by atoms with Crippen molar-refractivity contribution < 1.29 is 4.74 Å². The standard InChI is InChI=1S/C13H21BrN2OS/c1-9(13-5-10(14)8-18-13)16-4-3-12(17-2)6-11(16)7-15/h5,8-9,11-12H,3-4,6-7,15H2,1-2H3. The molecule has 3 unspecified atom stereocenters. The molecule has 1 fully saturated rings. The molecule has 0 aliphatic carbocycles. The van der Waals surface area contributed by atoms with Gasteiger partial charge in [-0.05, 0) is 41.8 Å². The minimum atomic E-state index is 0.372. The molecule has 18 heavy (non-hydrogen) atoms. The highest BCUT2D eigenvalue weighted by Crippen LogP contribution is 2.33. The fourth-order valence-corrected chi connectivity index (χ4v) is 4.22. The van der Waals surface area contributed by atoms with Crippen LogP contribution in [0.2, 0.25) is 0 Å². The zero-order valence-corrected chi connectivity index (χ0v) is 13.3. The second-order valence-electron chi connectivity index (χ2n) is 4.85. The molecule has 1 aliphatic heterocycles. The molecule has 1 aromatic heterocycles. The van der Waals surface area contributed by atoms with Gasteiger partial charge in [0.25, 0.3) is 0 Å². The van der Waals surface area contributed by atoms with E-state index in [1.165, 1.54) is 9.35 Å². The SMILES string of the molecule is COC1CCN(C(C)c2cc(Br)cs2)C(CN)C1. The molecule has 2 heterocycles. The number of methoxy groups -OCH3 is 1. The molecular formula is C13H21BrN2OS. The summed E-state index contributed by atoms with van der Waals surface area (Å²) in [6.07, 6.45) is 2.52. The molecule has 3 nitrogen and oxygen atoms in total. The van der Waals surface area contributed by atoms with Crippen LogP contribution in [0.5, 0.6) is 0 Å². The van der Waals surface area contributed by atoms with Crippen molar-refractivity contribution in [1.29, 1.82) is 0 Å². The van der Waals surface area contributed by atoms with E-state index in [-0.39, 0.29) is 0 Å². The first-order valence-corrected chi connectivity index (χ1v) is 8.05. The summed E-state index contributed by atoms with van der Waals surface area (Å²) >= 11 is 5.33. The van der Waals surface area contributed by atoms with E-state index < -0.39 is 0 Å². The Kier molecular flexibility index (Phi) is 5.21. The molecule has 0 bridgehead atoms. The summed E-state index contributed by atoms with van der Waals surface area (Å²) in [5.41, 5.74) is 5.93. The van der Waals surface area contributed by atoms with E-state index in [0.717, 1.165) is 19.4 Å². The smallest absolute Gasteiger partial charge is 0.0599 e. The molecule has 2 rings (SSSR count). The largest absolute Gasteiger partial charge is 0.381 e. The number of halogens is 1. The van der Waals surface area contributed by atoms with Gasteiger partial charge >= 0.3 is 0 Å². The van der Waals surface area contributed by atoms with Crippen LogP contribution in [0.3, 0.4) is 0 Å². The molecule has 2 N–H and O–H groups in total. The lowest BCUT2D eigenvalue weighted by atomic mass is 9.97. The van der Waals surface area contributed by atoms with E-state index in [1.54, 1.807) is 7.11 Å². The first-order chi connectivity index (χ1) is 8.65. The van der Waals surface area contributed by atoms with Crippen molar-refractivity contribution in [3.63, 3.8) is 0 Å². The number of hydrogen-bond acceptors (Lipinski definition) is 4. The Labute approximate surface area is 121 Å². The van der Waals surface area contributed by atoms with Gasteiger partial charge in [0.15, 0.2) is 0 Å². The highest BCUT2D eigenvalue weighted by Gasteiger charge is 2.31. The van der Waals surface area contributed by atoms with E-state index in [4.69, 9.17) is 10.5 Å². The Bertz CT molecular complexity index is 385. The molecule has 1 aliphatic rings. The van der Waals surface area contributed by atoms with Gasteiger partial charge in [-0.1, -0.05) is 0 Å². The van der Waals surface area contributed by atoms with Gasteiger partial charge in [0.05, 0.1) is 6.10 Å². The van der Waals surface area contributed by atoms with Gasteiger partial charge in [-0.3, -0.25) is 4.90 Å². The number of nitrogens with two attached hydrogens (primary N) is 1. The fraction of sp³-hybridized carbons (Fsp3) is 0.692. The van der Waals surface area contributed by atoms with Crippen LogP contribution in [0.15, 0.2) is 15.9 Å². The summed E-state index contributed by atoms with van der Waals surface area (Å²) in [6, 6.07) is 3.08. The Morgan fingerprint density at radius 3 is 3.00 bits per heavy atom. The molecule has 0 aromatic carbocycles. The minimum absolute atomic E-state index is 0.372. The molecule has 0 amide bonds. The molecule has 0 spiro atoms. The molecule has 1 saturated heterocycles. The van der Waals surface area contributed by atoms with Crippen LogP contribution >= 0.6 is 27.3 Å². The van der Waals surface area contributed by atoms with Crippen molar-refractivity contribution in [1.82, 2.24) is 4.90 Å². The van der Waals surface area contributed by atoms with Crippen LogP contribution in [0.4, 0.5) is 0 Å². The lowest BCUT2D eigenvalue weighted by molar-refractivity contribution is -0.00108. The number of thiophene rings is 1. The van der Waals surface area contributed by atoms with Crippen LogP contribution in [0.25, 0.3) is 0 Å². The zero-order valence-electron chi connectivity index (χ0n) is 10.9. The molecule has 0 saturated carbocycles. The van der Waals surface area contributed by atoms with E-state index in [9.17, 15) is 0 Å². The highest BCUT2D eigenvalue weighted by atomic mass is 79.9. The predicted octanol–water partition coefficient (Wildman–Crippen LogP) is 3.01. The number of piperidine rings is 1. The number of hydrogen-bond donors (Lipinski definition) is 1. The summed E-state index contributed by atoms with van der Waals surface area (Å²) in [5, 5.41) is 2.14. The Morgan fingerprint density at radius 2 is 2.44 bits per heavy atom. The summed E-state index contributed by atoms with van der Waals surface area (Å²) in [5.74, 6) is 0. The van der Waals surface area contributed by atoms with Crippen molar-refractivity contribution in [2.75, 3.05) is 20.2 Å². The van der Waals surface area contributed by atoms with Crippen LogP contribution in [0.1, 0.15) is 30.7 Å². The van der Waals surface area contributed by atoms with E-state index in [0.29, 0.717) is 24.7 Å². The van der Waals surface area contributed by atoms with Crippen LogP contribution in [0, 0.1) is 0 Å². The third-order valence-corrected chi connectivity index (χ3v) is 5.68. The molecule has 3 atom stereocenters. The average Bonchev–Trinajstić information content (AvgIpc) is 2.83. The van der Waals surface area contributed by atoms with Gasteiger partial charge < -0.3 is 10.5 Å². The molecule has 1 aromatic rings. The molecular weight excluding hydrogens is 312 g/mol. The Morgan fingerprint density at radius 1 is 1.67 bits per heavy atom. The Hall–Kier alpha value is 0.0600. The lowest BCUT2D eigenvalue weighted by Gasteiger charge is -2.41. The Balaban J connectivity index is 2.07. The lowest BCUT2D eigenvalue weighted by Crippen LogP contribution is -2.49. The number of nitrogens with zero attached hydrogens (tertiary/aromatic N) is 1. The van der Waals surface area contributed by atoms with Crippen molar-refractivity contribution in [3.8, 4) is 0 Å². The van der Waals surface area contributed by atoms with Crippen molar-refractivity contribution in [2.45, 2.75) is 38.0 Å². The molecule has 5 heteroatoms. The summed E-state index contributed by atoms with van der Waals surface area (Å²) in [4.78, 5) is 3.92. The summed E-state index contributed by atoms with van der Waals surface area (Å²) in [7, 11) is 1.80. The first-order valence-electron chi connectivity index (χ1n) is 6.38. The van der Waals surface area contributed by atoms with Crippen LogP contribution in [-0.4, -0.2) is 37.2 Å². The van der Waals surface area contributed by atoms with Crippen LogP contribution in [-0.2, 0) is 4.74 Å². The topological polar surface area (TPSA) is 38.5 Å².